The average Bonchev–Trinajstić information content (AvgIpc) is 2.87. The van der Waals surface area contributed by atoms with Crippen molar-refractivity contribution in [2.24, 2.45) is 5.41 Å². The van der Waals surface area contributed by atoms with Crippen LogP contribution in [-0.2, 0) is 6.54 Å². The second kappa shape index (κ2) is 3.29. The number of para-hydroxylation sites is 1. The Labute approximate surface area is 98.0 Å². The molecular formula is C12H13N3O2. The second-order valence-corrected chi connectivity index (χ2v) is 5.04. The monoisotopic (exact) mass is 231 g/mol. The lowest BCUT2D eigenvalue weighted by Gasteiger charge is -2.09. The lowest BCUT2D eigenvalue weighted by atomic mass is 10.1. The molecule has 1 heterocycles. The maximum atomic E-state index is 11.2. The van der Waals surface area contributed by atoms with Gasteiger partial charge in [0.2, 0.25) is 0 Å². The maximum absolute atomic E-state index is 11.2. The van der Waals surface area contributed by atoms with Gasteiger partial charge in [0.15, 0.2) is 0 Å². The van der Waals surface area contributed by atoms with Crippen molar-refractivity contribution in [1.29, 1.82) is 0 Å². The quantitative estimate of drug-likeness (QED) is 0.876. The molecule has 1 fully saturated rings. The molecule has 0 aliphatic heterocycles. The summed E-state index contributed by atoms with van der Waals surface area (Å²) >= 11 is 0. The minimum absolute atomic E-state index is 0.270. The number of carbonyl (C=O) groups is 1. The van der Waals surface area contributed by atoms with Crippen LogP contribution in [0.4, 0.5) is 0 Å². The largest absolute Gasteiger partial charge is 0.478 e. The Morgan fingerprint density at radius 2 is 2.29 bits per heavy atom. The first-order valence-electron chi connectivity index (χ1n) is 5.65. The lowest BCUT2D eigenvalue weighted by molar-refractivity contribution is 0.0698. The molecule has 88 valence electrons. The fourth-order valence-corrected chi connectivity index (χ4v) is 2.05. The Morgan fingerprint density at radius 3 is 2.94 bits per heavy atom. The van der Waals surface area contributed by atoms with E-state index < -0.39 is 5.97 Å². The fraction of sp³-hybridized carbons (Fsp3) is 0.417. The van der Waals surface area contributed by atoms with E-state index in [1.165, 1.54) is 12.8 Å². The van der Waals surface area contributed by atoms with Gasteiger partial charge in [-0.2, -0.15) is 0 Å². The molecule has 17 heavy (non-hydrogen) atoms. The number of carboxylic acid groups (broad SMARTS) is 1. The molecule has 1 aromatic heterocycles. The van der Waals surface area contributed by atoms with Gasteiger partial charge in [0.25, 0.3) is 0 Å². The molecular weight excluding hydrogens is 218 g/mol. The minimum atomic E-state index is -0.930. The summed E-state index contributed by atoms with van der Waals surface area (Å²) in [6.45, 7) is 2.93. The lowest BCUT2D eigenvalue weighted by Crippen LogP contribution is -2.11. The first-order chi connectivity index (χ1) is 8.09. The Hall–Kier alpha value is -1.91. The third-order valence-corrected chi connectivity index (χ3v) is 3.40. The van der Waals surface area contributed by atoms with Crippen LogP contribution in [0.5, 0.6) is 0 Å². The molecule has 1 N–H and O–H groups in total. The molecule has 0 spiro atoms. The van der Waals surface area contributed by atoms with Crippen molar-refractivity contribution in [2.45, 2.75) is 26.3 Å². The summed E-state index contributed by atoms with van der Waals surface area (Å²) in [4.78, 5) is 11.2. The van der Waals surface area contributed by atoms with E-state index in [2.05, 4.69) is 17.2 Å². The molecule has 1 aliphatic carbocycles. The summed E-state index contributed by atoms with van der Waals surface area (Å²) in [6.07, 6.45) is 2.34. The molecule has 5 heteroatoms. The molecule has 0 saturated heterocycles. The van der Waals surface area contributed by atoms with Crippen LogP contribution in [0.1, 0.15) is 30.1 Å². The summed E-state index contributed by atoms with van der Waals surface area (Å²) in [5.41, 5.74) is 1.82. The van der Waals surface area contributed by atoms with Gasteiger partial charge in [0.05, 0.1) is 5.56 Å². The summed E-state index contributed by atoms with van der Waals surface area (Å²) in [6, 6.07) is 5.09. The smallest absolute Gasteiger partial charge is 0.337 e. The van der Waals surface area contributed by atoms with Crippen molar-refractivity contribution in [3.63, 3.8) is 0 Å². The first kappa shape index (κ1) is 10.3. The van der Waals surface area contributed by atoms with E-state index in [1.54, 1.807) is 22.9 Å². The summed E-state index contributed by atoms with van der Waals surface area (Å²) in [7, 11) is 0. The van der Waals surface area contributed by atoms with E-state index in [1.807, 2.05) is 0 Å². The molecule has 2 aromatic rings. The van der Waals surface area contributed by atoms with Gasteiger partial charge in [-0.15, -0.1) is 5.10 Å². The second-order valence-electron chi connectivity index (χ2n) is 5.04. The number of aromatic nitrogens is 3. The SMILES string of the molecule is CC1(Cn2nnc3cccc(C(=O)O)c32)CC1. The molecule has 0 radical (unpaired) electrons. The van der Waals surface area contributed by atoms with Crippen molar-refractivity contribution in [2.75, 3.05) is 0 Å². The van der Waals surface area contributed by atoms with Crippen molar-refractivity contribution in [1.82, 2.24) is 15.0 Å². The van der Waals surface area contributed by atoms with Gasteiger partial charge in [-0.3, -0.25) is 0 Å². The number of hydrogen-bond donors (Lipinski definition) is 1. The van der Waals surface area contributed by atoms with E-state index in [4.69, 9.17) is 0 Å². The maximum Gasteiger partial charge on any atom is 0.337 e. The molecule has 0 atom stereocenters. The zero-order valence-electron chi connectivity index (χ0n) is 9.55. The van der Waals surface area contributed by atoms with E-state index in [0.717, 1.165) is 6.54 Å². The van der Waals surface area contributed by atoms with E-state index >= 15 is 0 Å². The first-order valence-corrected chi connectivity index (χ1v) is 5.65. The predicted molar refractivity (Wildman–Crippen MR) is 61.8 cm³/mol. The van der Waals surface area contributed by atoms with Crippen LogP contribution in [0.3, 0.4) is 0 Å². The highest BCUT2D eigenvalue weighted by molar-refractivity contribution is 6.00. The standard InChI is InChI=1S/C12H13N3O2/c1-12(5-6-12)7-15-10-8(11(16)17)3-2-4-9(10)13-14-15/h2-4H,5-7H2,1H3,(H,16,17). The third kappa shape index (κ3) is 1.67. The number of fused-ring (bicyclic) bond motifs is 1. The van der Waals surface area contributed by atoms with Crippen molar-refractivity contribution in [3.8, 4) is 0 Å². The van der Waals surface area contributed by atoms with Gasteiger partial charge in [-0.25, -0.2) is 9.48 Å². The fourth-order valence-electron chi connectivity index (χ4n) is 2.05. The van der Waals surface area contributed by atoms with Crippen LogP contribution < -0.4 is 0 Å². The Balaban J connectivity index is 2.15. The molecule has 0 amide bonds. The number of rotatable bonds is 3. The summed E-state index contributed by atoms with van der Waals surface area (Å²) < 4.78 is 1.73. The number of aromatic carboxylic acids is 1. The van der Waals surface area contributed by atoms with Crippen LogP contribution in [0.2, 0.25) is 0 Å². The van der Waals surface area contributed by atoms with Gasteiger partial charge in [0, 0.05) is 6.54 Å². The molecule has 1 aromatic carbocycles. The van der Waals surface area contributed by atoms with E-state index in [0.29, 0.717) is 11.0 Å². The van der Waals surface area contributed by atoms with Crippen LogP contribution in [0.25, 0.3) is 11.0 Å². The highest BCUT2D eigenvalue weighted by Gasteiger charge is 2.38. The van der Waals surface area contributed by atoms with Crippen molar-refractivity contribution in [3.05, 3.63) is 23.8 Å². The Morgan fingerprint density at radius 1 is 1.53 bits per heavy atom. The van der Waals surface area contributed by atoms with Crippen LogP contribution >= 0.6 is 0 Å². The number of benzene rings is 1. The number of carboxylic acids is 1. The number of nitrogens with zero attached hydrogens (tertiary/aromatic N) is 3. The molecule has 5 nitrogen and oxygen atoms in total. The zero-order chi connectivity index (χ0) is 12.0. The average molecular weight is 231 g/mol. The van der Waals surface area contributed by atoms with Crippen LogP contribution in [0, 0.1) is 5.41 Å². The molecule has 1 saturated carbocycles. The molecule has 0 unspecified atom stereocenters. The van der Waals surface area contributed by atoms with Crippen LogP contribution in [-0.4, -0.2) is 26.1 Å². The van der Waals surface area contributed by atoms with Gasteiger partial charge in [-0.05, 0) is 30.4 Å². The summed E-state index contributed by atoms with van der Waals surface area (Å²) in [5, 5.41) is 17.3. The number of hydrogen-bond acceptors (Lipinski definition) is 3. The molecule has 0 bridgehead atoms. The van der Waals surface area contributed by atoms with Crippen LogP contribution in [0.15, 0.2) is 18.2 Å². The Kier molecular flexibility index (Phi) is 1.98. The van der Waals surface area contributed by atoms with Gasteiger partial charge < -0.3 is 5.11 Å². The predicted octanol–water partition coefficient (Wildman–Crippen LogP) is 1.93. The highest BCUT2D eigenvalue weighted by atomic mass is 16.4. The topological polar surface area (TPSA) is 68.0 Å². The zero-order valence-corrected chi connectivity index (χ0v) is 9.55. The molecule has 1 aliphatic rings. The van der Waals surface area contributed by atoms with Crippen molar-refractivity contribution >= 4 is 17.0 Å². The highest BCUT2D eigenvalue weighted by Crippen LogP contribution is 2.46. The third-order valence-electron chi connectivity index (χ3n) is 3.40. The van der Waals surface area contributed by atoms with E-state index in [-0.39, 0.29) is 11.0 Å². The Bertz CT molecular complexity index is 599. The summed E-state index contributed by atoms with van der Waals surface area (Å²) in [5.74, 6) is -0.930. The van der Waals surface area contributed by atoms with E-state index in [9.17, 15) is 9.90 Å². The van der Waals surface area contributed by atoms with Gasteiger partial charge in [0.1, 0.15) is 11.0 Å². The minimum Gasteiger partial charge on any atom is -0.478 e. The van der Waals surface area contributed by atoms with Gasteiger partial charge in [-0.1, -0.05) is 18.2 Å². The van der Waals surface area contributed by atoms with Crippen molar-refractivity contribution < 1.29 is 9.90 Å². The van der Waals surface area contributed by atoms with Gasteiger partial charge >= 0.3 is 5.97 Å². The molecule has 3 rings (SSSR count). The normalized spacial score (nSPS) is 17.2.